The minimum Gasteiger partial charge on any atom is -0.409 e. The van der Waals surface area contributed by atoms with Crippen molar-refractivity contribution >= 4 is 11.7 Å². The van der Waals surface area contributed by atoms with Gasteiger partial charge in [0.15, 0.2) is 5.84 Å². The number of nitrogens with two attached hydrogens (primary N) is 1. The maximum Gasteiger partial charge on any atom is 0.228 e. The Morgan fingerprint density at radius 1 is 1.35 bits per heavy atom. The van der Waals surface area contributed by atoms with E-state index in [1.54, 1.807) is 0 Å². The van der Waals surface area contributed by atoms with Crippen molar-refractivity contribution in [2.24, 2.45) is 16.8 Å². The molecule has 20 heavy (non-hydrogen) atoms. The molecule has 2 aliphatic heterocycles. The highest BCUT2D eigenvalue weighted by atomic mass is 16.5. The van der Waals surface area contributed by atoms with E-state index in [-0.39, 0.29) is 17.7 Å². The molecule has 114 valence electrons. The molecule has 0 spiro atoms. The van der Waals surface area contributed by atoms with E-state index < -0.39 is 5.54 Å². The Morgan fingerprint density at radius 2 is 2.00 bits per heavy atom. The molecule has 0 aromatic rings. The third-order valence-corrected chi connectivity index (χ3v) is 4.40. The molecule has 7 nitrogen and oxygen atoms in total. The lowest BCUT2D eigenvalue weighted by Crippen LogP contribution is -2.60. The van der Waals surface area contributed by atoms with Gasteiger partial charge in [0.2, 0.25) is 5.91 Å². The number of oxime groups is 1. The Bertz CT molecular complexity index is 383. The number of carbonyl (C=O) groups excluding carboxylic acids is 1. The number of hydrogen-bond acceptors (Lipinski definition) is 5. The van der Waals surface area contributed by atoms with Crippen molar-refractivity contribution < 1.29 is 14.7 Å². The molecule has 7 heteroatoms. The molecule has 2 saturated heterocycles. The number of rotatable bonds is 3. The second kappa shape index (κ2) is 5.97. The number of amidine groups is 1. The molecule has 0 radical (unpaired) electrons. The molecule has 0 aliphatic carbocycles. The summed E-state index contributed by atoms with van der Waals surface area (Å²) in [5.41, 5.74) is 5.24. The molecule has 1 amide bonds. The number of amides is 1. The predicted molar refractivity (Wildman–Crippen MR) is 74.6 cm³/mol. The summed E-state index contributed by atoms with van der Waals surface area (Å²) in [7, 11) is 0. The van der Waals surface area contributed by atoms with Crippen LogP contribution in [0.25, 0.3) is 0 Å². The number of piperazine rings is 1. The molecule has 0 aromatic heterocycles. The lowest BCUT2D eigenvalue weighted by Gasteiger charge is -2.43. The standard InChI is InChI=1S/C13H24N4O3/c1-13(2,12(14)15-19)17-6-4-16(5-7-17)11(18)10-3-8-20-9-10/h10,19H,3-9H2,1-2H3,(H2,14,15). The number of carbonyl (C=O) groups is 1. The molecule has 1 unspecified atom stereocenters. The van der Waals surface area contributed by atoms with E-state index in [0.717, 1.165) is 19.5 Å². The third kappa shape index (κ3) is 2.88. The number of hydrogen-bond donors (Lipinski definition) is 2. The molecule has 0 aromatic carbocycles. The van der Waals surface area contributed by atoms with Crippen molar-refractivity contribution in [2.45, 2.75) is 25.8 Å². The SMILES string of the molecule is CC(C)(C(N)=NO)N1CCN(C(=O)C2CCOC2)CC1. The highest BCUT2D eigenvalue weighted by Gasteiger charge is 2.36. The zero-order valence-corrected chi connectivity index (χ0v) is 12.2. The molecule has 2 fully saturated rings. The van der Waals surface area contributed by atoms with Crippen LogP contribution in [0.4, 0.5) is 0 Å². The summed E-state index contributed by atoms with van der Waals surface area (Å²) >= 11 is 0. The van der Waals surface area contributed by atoms with E-state index in [9.17, 15) is 4.79 Å². The number of ether oxygens (including phenoxy) is 1. The van der Waals surface area contributed by atoms with Gasteiger partial charge in [0.05, 0.1) is 18.1 Å². The van der Waals surface area contributed by atoms with E-state index in [1.807, 2.05) is 18.7 Å². The second-order valence-electron chi connectivity index (χ2n) is 5.92. The molecule has 3 N–H and O–H groups in total. The van der Waals surface area contributed by atoms with E-state index in [0.29, 0.717) is 26.3 Å². The Hall–Kier alpha value is -1.34. The van der Waals surface area contributed by atoms with Gasteiger partial charge in [0, 0.05) is 32.8 Å². The zero-order chi connectivity index (χ0) is 14.8. The van der Waals surface area contributed by atoms with Crippen molar-refractivity contribution in [3.8, 4) is 0 Å². The molecular weight excluding hydrogens is 260 g/mol. The van der Waals surface area contributed by atoms with Crippen LogP contribution in [-0.2, 0) is 9.53 Å². The van der Waals surface area contributed by atoms with E-state index >= 15 is 0 Å². The normalized spacial score (nSPS) is 26.0. The molecule has 2 rings (SSSR count). The van der Waals surface area contributed by atoms with Gasteiger partial charge in [-0.2, -0.15) is 0 Å². The van der Waals surface area contributed by atoms with Crippen LogP contribution in [0, 0.1) is 5.92 Å². The quantitative estimate of drug-likeness (QED) is 0.321. The van der Waals surface area contributed by atoms with Crippen LogP contribution in [0.15, 0.2) is 5.16 Å². The van der Waals surface area contributed by atoms with Gasteiger partial charge in [-0.3, -0.25) is 9.69 Å². The first-order valence-corrected chi connectivity index (χ1v) is 7.06. The first kappa shape index (κ1) is 15.1. The van der Waals surface area contributed by atoms with Gasteiger partial charge < -0.3 is 20.6 Å². The summed E-state index contributed by atoms with van der Waals surface area (Å²) in [6.07, 6.45) is 0.828. The van der Waals surface area contributed by atoms with Crippen molar-refractivity contribution in [2.75, 3.05) is 39.4 Å². The van der Waals surface area contributed by atoms with Gasteiger partial charge in [-0.25, -0.2) is 0 Å². The fourth-order valence-corrected chi connectivity index (χ4v) is 2.76. The average molecular weight is 284 g/mol. The summed E-state index contributed by atoms with van der Waals surface area (Å²) in [6, 6.07) is 0. The summed E-state index contributed by atoms with van der Waals surface area (Å²) in [6.45, 7) is 7.89. The predicted octanol–water partition coefficient (Wildman–Crippen LogP) is -0.308. The Kier molecular flexibility index (Phi) is 4.49. The molecule has 0 saturated carbocycles. The van der Waals surface area contributed by atoms with Gasteiger partial charge in [0.1, 0.15) is 0 Å². The largest absolute Gasteiger partial charge is 0.409 e. The minimum absolute atomic E-state index is 0.0265. The lowest BCUT2D eigenvalue weighted by atomic mass is 9.99. The zero-order valence-electron chi connectivity index (χ0n) is 12.2. The van der Waals surface area contributed by atoms with Crippen molar-refractivity contribution in [1.29, 1.82) is 0 Å². The fraction of sp³-hybridized carbons (Fsp3) is 0.846. The van der Waals surface area contributed by atoms with E-state index in [1.165, 1.54) is 0 Å². The summed E-state index contributed by atoms with van der Waals surface area (Å²) in [5, 5.41) is 12.0. The van der Waals surface area contributed by atoms with Crippen LogP contribution in [0.5, 0.6) is 0 Å². The van der Waals surface area contributed by atoms with E-state index in [4.69, 9.17) is 15.7 Å². The maximum atomic E-state index is 12.3. The van der Waals surface area contributed by atoms with E-state index in [2.05, 4.69) is 10.1 Å². The molecular formula is C13H24N4O3. The third-order valence-electron chi connectivity index (χ3n) is 4.40. The first-order chi connectivity index (χ1) is 9.46. The van der Waals surface area contributed by atoms with Gasteiger partial charge in [-0.15, -0.1) is 0 Å². The summed E-state index contributed by atoms with van der Waals surface area (Å²) in [4.78, 5) is 16.3. The first-order valence-electron chi connectivity index (χ1n) is 7.06. The van der Waals surface area contributed by atoms with Gasteiger partial charge >= 0.3 is 0 Å². The molecule has 0 bridgehead atoms. The smallest absolute Gasteiger partial charge is 0.228 e. The van der Waals surface area contributed by atoms with Crippen molar-refractivity contribution in [1.82, 2.24) is 9.80 Å². The van der Waals surface area contributed by atoms with Crippen LogP contribution in [0.1, 0.15) is 20.3 Å². The van der Waals surface area contributed by atoms with Crippen LogP contribution in [-0.4, -0.2) is 71.7 Å². The highest BCUT2D eigenvalue weighted by Crippen LogP contribution is 2.20. The van der Waals surface area contributed by atoms with Crippen LogP contribution >= 0.6 is 0 Å². The second-order valence-corrected chi connectivity index (χ2v) is 5.92. The Labute approximate surface area is 119 Å². The van der Waals surface area contributed by atoms with Crippen molar-refractivity contribution in [3.05, 3.63) is 0 Å². The van der Waals surface area contributed by atoms with Gasteiger partial charge in [-0.1, -0.05) is 5.16 Å². The lowest BCUT2D eigenvalue weighted by molar-refractivity contribution is -0.137. The maximum absolute atomic E-state index is 12.3. The molecule has 2 heterocycles. The summed E-state index contributed by atoms with van der Waals surface area (Å²) in [5.74, 6) is 0.420. The van der Waals surface area contributed by atoms with Crippen LogP contribution in [0.2, 0.25) is 0 Å². The Morgan fingerprint density at radius 3 is 2.50 bits per heavy atom. The van der Waals surface area contributed by atoms with Crippen LogP contribution in [0.3, 0.4) is 0 Å². The molecule has 1 atom stereocenters. The monoisotopic (exact) mass is 284 g/mol. The minimum atomic E-state index is -0.500. The fourth-order valence-electron chi connectivity index (χ4n) is 2.76. The van der Waals surface area contributed by atoms with Gasteiger partial charge in [-0.05, 0) is 20.3 Å². The topological polar surface area (TPSA) is 91.4 Å². The molecule has 2 aliphatic rings. The Balaban J connectivity index is 1.90. The number of nitrogens with zero attached hydrogens (tertiary/aromatic N) is 3. The summed E-state index contributed by atoms with van der Waals surface area (Å²) < 4.78 is 5.27. The van der Waals surface area contributed by atoms with Gasteiger partial charge in [0.25, 0.3) is 0 Å². The highest BCUT2D eigenvalue weighted by molar-refractivity contribution is 5.88. The average Bonchev–Trinajstić information content (AvgIpc) is 2.99. The van der Waals surface area contributed by atoms with Crippen LogP contribution < -0.4 is 5.73 Å². The van der Waals surface area contributed by atoms with Crippen molar-refractivity contribution in [3.63, 3.8) is 0 Å².